The van der Waals surface area contributed by atoms with Gasteiger partial charge in [0, 0.05) is 13.7 Å². The zero-order chi connectivity index (χ0) is 5.11. The van der Waals surface area contributed by atoms with Crippen LogP contribution in [-0.2, 0) is 4.74 Å². The van der Waals surface area contributed by atoms with E-state index in [0.29, 0.717) is 0 Å². The Hall–Kier alpha value is -0.0400. The summed E-state index contributed by atoms with van der Waals surface area (Å²) in [5.41, 5.74) is 0. The Morgan fingerprint density at radius 1 is 1.57 bits per heavy atom. The fourth-order valence-electron chi connectivity index (χ4n) is 0.895. The van der Waals surface area contributed by atoms with Crippen molar-refractivity contribution in [2.24, 2.45) is 5.92 Å². The van der Waals surface area contributed by atoms with E-state index in [1.165, 1.54) is 19.3 Å². The molecule has 7 heavy (non-hydrogen) atoms. The van der Waals surface area contributed by atoms with Crippen LogP contribution in [0.2, 0.25) is 0 Å². The van der Waals surface area contributed by atoms with Gasteiger partial charge in [-0.25, -0.2) is 0 Å². The van der Waals surface area contributed by atoms with Crippen molar-refractivity contribution in [3.05, 3.63) is 0 Å². The van der Waals surface area contributed by atoms with E-state index >= 15 is 0 Å². The maximum Gasteiger partial charge on any atom is 0.0490 e. The zero-order valence-electron chi connectivity index (χ0n) is 4.81. The molecule has 0 atom stereocenters. The second kappa shape index (κ2) is 2.31. The molecule has 0 N–H and O–H groups in total. The van der Waals surface area contributed by atoms with Gasteiger partial charge in [0.25, 0.3) is 0 Å². The van der Waals surface area contributed by atoms with Crippen molar-refractivity contribution in [3.8, 4) is 0 Å². The lowest BCUT2D eigenvalue weighted by molar-refractivity contribution is 0.111. The maximum atomic E-state index is 4.95. The minimum atomic E-state index is 0.907. The lowest BCUT2D eigenvalue weighted by Crippen LogP contribution is -2.16. The van der Waals surface area contributed by atoms with E-state index in [9.17, 15) is 0 Å². The van der Waals surface area contributed by atoms with Gasteiger partial charge in [-0.3, -0.25) is 0 Å². The smallest absolute Gasteiger partial charge is 0.0490 e. The first kappa shape index (κ1) is 5.10. The van der Waals surface area contributed by atoms with Crippen molar-refractivity contribution in [2.45, 2.75) is 19.3 Å². The molecular formula is C6H12O. The average Bonchev–Trinajstić information content (AvgIpc) is 1.55. The Balaban J connectivity index is 1.93. The van der Waals surface area contributed by atoms with Gasteiger partial charge in [-0.2, -0.15) is 0 Å². The minimum absolute atomic E-state index is 0.907. The standard InChI is InChI=1S/C6H12O/c1-7-5-6-3-2-4-6/h6H,2-5H2,1H3. The Morgan fingerprint density at radius 3 is 2.43 bits per heavy atom. The van der Waals surface area contributed by atoms with Crippen LogP contribution in [-0.4, -0.2) is 13.7 Å². The highest BCUT2D eigenvalue weighted by molar-refractivity contribution is 4.67. The molecule has 0 spiro atoms. The third-order valence-electron chi connectivity index (χ3n) is 1.63. The Bertz CT molecular complexity index is 48.1. The van der Waals surface area contributed by atoms with Crippen LogP contribution in [0.15, 0.2) is 0 Å². The van der Waals surface area contributed by atoms with Crippen LogP contribution in [0, 0.1) is 5.92 Å². The number of hydrogen-bond donors (Lipinski definition) is 0. The third kappa shape index (κ3) is 1.16. The lowest BCUT2D eigenvalue weighted by atomic mass is 9.86. The Labute approximate surface area is 44.7 Å². The molecular weight excluding hydrogens is 88.1 g/mol. The summed E-state index contributed by atoms with van der Waals surface area (Å²) < 4.78 is 4.95. The molecule has 1 saturated carbocycles. The first-order chi connectivity index (χ1) is 3.43. The summed E-state index contributed by atoms with van der Waals surface area (Å²) in [7, 11) is 1.78. The van der Waals surface area contributed by atoms with Crippen LogP contribution in [0.5, 0.6) is 0 Å². The molecule has 1 aliphatic rings. The zero-order valence-corrected chi connectivity index (χ0v) is 4.81. The highest BCUT2D eigenvalue weighted by atomic mass is 16.5. The summed E-state index contributed by atoms with van der Waals surface area (Å²) in [6.45, 7) is 0.986. The number of ether oxygens (including phenoxy) is 1. The summed E-state index contributed by atoms with van der Waals surface area (Å²) in [6, 6.07) is 0. The molecule has 0 aromatic heterocycles. The molecule has 0 radical (unpaired) electrons. The molecule has 0 aromatic carbocycles. The lowest BCUT2D eigenvalue weighted by Gasteiger charge is -2.23. The van der Waals surface area contributed by atoms with Crippen molar-refractivity contribution in [3.63, 3.8) is 0 Å². The van der Waals surface area contributed by atoms with Gasteiger partial charge >= 0.3 is 0 Å². The highest BCUT2D eigenvalue weighted by Gasteiger charge is 2.15. The van der Waals surface area contributed by atoms with Crippen LogP contribution >= 0.6 is 0 Å². The van der Waals surface area contributed by atoms with Crippen LogP contribution in [0.25, 0.3) is 0 Å². The largest absolute Gasteiger partial charge is 0.384 e. The van der Waals surface area contributed by atoms with Crippen molar-refractivity contribution >= 4 is 0 Å². The van der Waals surface area contributed by atoms with Crippen LogP contribution in [0.3, 0.4) is 0 Å². The highest BCUT2D eigenvalue weighted by Crippen LogP contribution is 2.25. The van der Waals surface area contributed by atoms with Gasteiger partial charge in [0.15, 0.2) is 0 Å². The van der Waals surface area contributed by atoms with Gasteiger partial charge in [-0.1, -0.05) is 6.42 Å². The molecule has 1 rings (SSSR count). The van der Waals surface area contributed by atoms with Gasteiger partial charge in [-0.15, -0.1) is 0 Å². The average molecular weight is 100 g/mol. The first-order valence-electron chi connectivity index (χ1n) is 2.92. The van der Waals surface area contributed by atoms with E-state index < -0.39 is 0 Å². The van der Waals surface area contributed by atoms with Crippen LogP contribution in [0.4, 0.5) is 0 Å². The SMILES string of the molecule is COCC1CCC1. The molecule has 1 fully saturated rings. The molecule has 0 bridgehead atoms. The fourth-order valence-corrected chi connectivity index (χ4v) is 0.895. The van der Waals surface area contributed by atoms with Crippen molar-refractivity contribution in [1.82, 2.24) is 0 Å². The van der Waals surface area contributed by atoms with E-state index in [1.54, 1.807) is 7.11 Å². The quantitative estimate of drug-likeness (QED) is 0.510. The molecule has 42 valence electrons. The second-order valence-electron chi connectivity index (χ2n) is 2.25. The summed E-state index contributed by atoms with van der Waals surface area (Å²) >= 11 is 0. The fraction of sp³-hybridized carbons (Fsp3) is 1.00. The normalized spacial score (nSPS) is 21.9. The molecule has 0 unspecified atom stereocenters. The maximum absolute atomic E-state index is 4.95. The molecule has 1 heteroatoms. The Morgan fingerprint density at radius 2 is 2.29 bits per heavy atom. The molecule has 0 aliphatic heterocycles. The third-order valence-corrected chi connectivity index (χ3v) is 1.63. The molecule has 0 heterocycles. The van der Waals surface area contributed by atoms with E-state index in [2.05, 4.69) is 0 Å². The molecule has 1 aliphatic carbocycles. The topological polar surface area (TPSA) is 9.23 Å². The molecule has 0 aromatic rings. The van der Waals surface area contributed by atoms with Crippen LogP contribution < -0.4 is 0 Å². The molecule has 0 amide bonds. The van der Waals surface area contributed by atoms with Gasteiger partial charge in [0.1, 0.15) is 0 Å². The number of hydrogen-bond acceptors (Lipinski definition) is 1. The summed E-state index contributed by atoms with van der Waals surface area (Å²) in [5, 5.41) is 0. The summed E-state index contributed by atoms with van der Waals surface area (Å²) in [6.07, 6.45) is 4.22. The van der Waals surface area contributed by atoms with Gasteiger partial charge in [-0.05, 0) is 18.8 Å². The van der Waals surface area contributed by atoms with E-state index in [1.807, 2.05) is 0 Å². The number of methoxy groups -OCH3 is 1. The number of rotatable bonds is 2. The predicted octanol–water partition coefficient (Wildman–Crippen LogP) is 1.43. The second-order valence-corrected chi connectivity index (χ2v) is 2.25. The van der Waals surface area contributed by atoms with E-state index in [4.69, 9.17) is 4.74 Å². The van der Waals surface area contributed by atoms with Crippen molar-refractivity contribution < 1.29 is 4.74 Å². The van der Waals surface area contributed by atoms with Crippen molar-refractivity contribution in [2.75, 3.05) is 13.7 Å². The van der Waals surface area contributed by atoms with Gasteiger partial charge in [0.05, 0.1) is 0 Å². The predicted molar refractivity (Wildman–Crippen MR) is 29.2 cm³/mol. The molecule has 1 nitrogen and oxygen atoms in total. The Kier molecular flexibility index (Phi) is 1.69. The van der Waals surface area contributed by atoms with E-state index in [0.717, 1.165) is 12.5 Å². The first-order valence-corrected chi connectivity index (χ1v) is 2.92. The minimum Gasteiger partial charge on any atom is -0.384 e. The van der Waals surface area contributed by atoms with Crippen LogP contribution in [0.1, 0.15) is 19.3 Å². The summed E-state index contributed by atoms with van der Waals surface area (Å²) in [5.74, 6) is 0.907. The van der Waals surface area contributed by atoms with E-state index in [-0.39, 0.29) is 0 Å². The van der Waals surface area contributed by atoms with Gasteiger partial charge < -0.3 is 4.74 Å². The van der Waals surface area contributed by atoms with Gasteiger partial charge in [0.2, 0.25) is 0 Å². The monoisotopic (exact) mass is 100 g/mol. The molecule has 0 saturated heterocycles. The summed E-state index contributed by atoms with van der Waals surface area (Å²) in [4.78, 5) is 0. The van der Waals surface area contributed by atoms with Crippen molar-refractivity contribution in [1.29, 1.82) is 0 Å².